The van der Waals surface area contributed by atoms with Gasteiger partial charge in [0.25, 0.3) is 0 Å². The summed E-state index contributed by atoms with van der Waals surface area (Å²) >= 11 is 8.20. The molecule has 4 heteroatoms. The quantitative estimate of drug-likeness (QED) is 0.674. The van der Waals surface area contributed by atoms with E-state index in [4.69, 9.17) is 17.3 Å². The van der Waals surface area contributed by atoms with Gasteiger partial charge in [-0.2, -0.15) is 0 Å². The van der Waals surface area contributed by atoms with Crippen molar-refractivity contribution in [3.05, 3.63) is 26.5 Å². The highest BCUT2D eigenvalue weighted by atomic mass is 127. The Balaban J connectivity index is 3.12. The average molecular weight is 311 g/mol. The Kier molecular flexibility index (Phi) is 3.94. The van der Waals surface area contributed by atoms with Crippen molar-refractivity contribution in [2.45, 2.75) is 19.9 Å². The van der Waals surface area contributed by atoms with Gasteiger partial charge in [-0.25, -0.2) is 4.98 Å². The van der Waals surface area contributed by atoms with E-state index in [1.807, 2.05) is 6.07 Å². The summed E-state index contributed by atoms with van der Waals surface area (Å²) in [6.45, 7) is 4.15. The van der Waals surface area contributed by atoms with Crippen molar-refractivity contribution in [3.63, 3.8) is 0 Å². The zero-order valence-corrected chi connectivity index (χ0v) is 10.5. The Hall–Kier alpha value is 0.130. The van der Waals surface area contributed by atoms with Crippen LogP contribution in [0.5, 0.6) is 0 Å². The molecular weight excluding hydrogens is 298 g/mol. The van der Waals surface area contributed by atoms with Crippen molar-refractivity contribution in [1.82, 2.24) is 4.98 Å². The monoisotopic (exact) mass is 310 g/mol. The van der Waals surface area contributed by atoms with Gasteiger partial charge in [0.2, 0.25) is 0 Å². The van der Waals surface area contributed by atoms with Gasteiger partial charge < -0.3 is 5.73 Å². The second kappa shape index (κ2) is 4.57. The summed E-state index contributed by atoms with van der Waals surface area (Å²) in [7, 11) is 0. The van der Waals surface area contributed by atoms with E-state index in [0.717, 1.165) is 9.13 Å². The van der Waals surface area contributed by atoms with Crippen molar-refractivity contribution in [1.29, 1.82) is 0 Å². The van der Waals surface area contributed by atoms with E-state index >= 15 is 0 Å². The third-order valence-electron chi connectivity index (χ3n) is 1.94. The number of pyridine rings is 1. The molecule has 0 fully saturated rings. The maximum Gasteiger partial charge on any atom is 0.134 e. The molecule has 0 unspecified atom stereocenters. The van der Waals surface area contributed by atoms with Crippen molar-refractivity contribution < 1.29 is 0 Å². The predicted octanol–water partition coefficient (Wildman–Crippen LogP) is 3.00. The van der Waals surface area contributed by atoms with E-state index in [1.54, 1.807) is 6.20 Å². The van der Waals surface area contributed by atoms with Gasteiger partial charge in [-0.1, -0.05) is 25.4 Å². The summed E-state index contributed by atoms with van der Waals surface area (Å²) in [5.41, 5.74) is 6.97. The minimum absolute atomic E-state index is 0.0342. The molecule has 0 spiro atoms. The Morgan fingerprint density at radius 1 is 1.54 bits per heavy atom. The molecule has 1 heterocycles. The molecule has 0 radical (unpaired) electrons. The molecule has 0 amide bonds. The number of aromatic nitrogens is 1. The van der Waals surface area contributed by atoms with Crippen LogP contribution in [0.4, 0.5) is 0 Å². The van der Waals surface area contributed by atoms with Crippen molar-refractivity contribution in [3.8, 4) is 0 Å². The van der Waals surface area contributed by atoms with Crippen molar-refractivity contribution in [2.75, 3.05) is 0 Å². The Labute approximate surface area is 97.0 Å². The SMILES string of the molecule is CC(C)[C@@H](N)c1c(I)ccnc1Cl. The zero-order valence-electron chi connectivity index (χ0n) is 7.59. The van der Waals surface area contributed by atoms with Gasteiger partial charge in [0.15, 0.2) is 0 Å². The molecule has 0 aliphatic rings. The fourth-order valence-corrected chi connectivity index (χ4v) is 2.28. The van der Waals surface area contributed by atoms with E-state index in [1.165, 1.54) is 0 Å². The number of hydrogen-bond donors (Lipinski definition) is 1. The maximum absolute atomic E-state index is 6.01. The first-order valence-electron chi connectivity index (χ1n) is 4.09. The zero-order chi connectivity index (χ0) is 10.0. The molecule has 1 rings (SSSR count). The van der Waals surface area contributed by atoms with E-state index in [2.05, 4.69) is 41.4 Å². The van der Waals surface area contributed by atoms with Crippen LogP contribution < -0.4 is 5.73 Å². The molecule has 1 atom stereocenters. The molecule has 2 nitrogen and oxygen atoms in total. The van der Waals surface area contributed by atoms with E-state index < -0.39 is 0 Å². The third-order valence-corrected chi connectivity index (χ3v) is 3.18. The molecule has 0 saturated carbocycles. The molecule has 0 aromatic carbocycles. The van der Waals surface area contributed by atoms with Gasteiger partial charge in [0.1, 0.15) is 5.15 Å². The molecular formula is C9H12ClIN2. The Bertz CT molecular complexity index is 281. The van der Waals surface area contributed by atoms with Gasteiger partial charge >= 0.3 is 0 Å². The van der Waals surface area contributed by atoms with E-state index in [0.29, 0.717) is 11.1 Å². The Morgan fingerprint density at radius 3 is 2.62 bits per heavy atom. The van der Waals surface area contributed by atoms with E-state index in [9.17, 15) is 0 Å². The van der Waals surface area contributed by atoms with Gasteiger partial charge in [-0.15, -0.1) is 0 Å². The van der Waals surface area contributed by atoms with Crippen LogP contribution in [0, 0.1) is 9.49 Å². The van der Waals surface area contributed by atoms with Gasteiger partial charge in [0, 0.05) is 21.4 Å². The van der Waals surface area contributed by atoms with Gasteiger partial charge in [-0.3, -0.25) is 0 Å². The molecule has 0 aliphatic carbocycles. The first-order valence-corrected chi connectivity index (χ1v) is 5.55. The molecule has 72 valence electrons. The Morgan fingerprint density at radius 2 is 2.15 bits per heavy atom. The van der Waals surface area contributed by atoms with Crippen LogP contribution in [-0.4, -0.2) is 4.98 Å². The molecule has 1 aromatic rings. The van der Waals surface area contributed by atoms with Crippen molar-refractivity contribution in [2.24, 2.45) is 11.7 Å². The smallest absolute Gasteiger partial charge is 0.134 e. The van der Waals surface area contributed by atoms with Crippen LogP contribution in [-0.2, 0) is 0 Å². The first kappa shape index (κ1) is 11.2. The maximum atomic E-state index is 6.01. The van der Waals surface area contributed by atoms with Crippen LogP contribution in [0.15, 0.2) is 12.3 Å². The number of nitrogens with zero attached hydrogens (tertiary/aromatic N) is 1. The second-order valence-electron chi connectivity index (χ2n) is 3.27. The molecule has 1 aromatic heterocycles. The lowest BCUT2D eigenvalue weighted by molar-refractivity contribution is 0.511. The summed E-state index contributed by atoms with van der Waals surface area (Å²) in [4.78, 5) is 4.02. The number of nitrogens with two attached hydrogens (primary N) is 1. The summed E-state index contributed by atoms with van der Waals surface area (Å²) in [5.74, 6) is 0.371. The normalized spacial score (nSPS) is 13.4. The fourth-order valence-electron chi connectivity index (χ4n) is 1.06. The minimum atomic E-state index is -0.0342. The van der Waals surface area contributed by atoms with Crippen LogP contribution in [0.3, 0.4) is 0 Å². The second-order valence-corrected chi connectivity index (χ2v) is 4.79. The molecule has 0 bridgehead atoms. The lowest BCUT2D eigenvalue weighted by Gasteiger charge is -2.18. The van der Waals surface area contributed by atoms with Crippen LogP contribution in [0.25, 0.3) is 0 Å². The summed E-state index contributed by atoms with van der Waals surface area (Å²) in [6.07, 6.45) is 1.70. The first-order chi connectivity index (χ1) is 6.04. The highest BCUT2D eigenvalue weighted by Crippen LogP contribution is 2.28. The fraction of sp³-hybridized carbons (Fsp3) is 0.444. The molecule has 2 N–H and O–H groups in total. The van der Waals surface area contributed by atoms with Crippen LogP contribution in [0.2, 0.25) is 5.15 Å². The van der Waals surface area contributed by atoms with Gasteiger partial charge in [-0.05, 0) is 34.6 Å². The minimum Gasteiger partial charge on any atom is -0.324 e. The molecule has 0 saturated heterocycles. The summed E-state index contributed by atoms with van der Waals surface area (Å²) < 4.78 is 1.08. The number of halogens is 2. The van der Waals surface area contributed by atoms with Crippen LogP contribution >= 0.6 is 34.2 Å². The molecule has 13 heavy (non-hydrogen) atoms. The third kappa shape index (κ3) is 2.54. The summed E-state index contributed by atoms with van der Waals surface area (Å²) in [5, 5.41) is 0.521. The lowest BCUT2D eigenvalue weighted by atomic mass is 9.99. The largest absolute Gasteiger partial charge is 0.324 e. The lowest BCUT2D eigenvalue weighted by Crippen LogP contribution is -2.18. The number of rotatable bonds is 2. The van der Waals surface area contributed by atoms with E-state index in [-0.39, 0.29) is 6.04 Å². The topological polar surface area (TPSA) is 38.9 Å². The molecule has 0 aliphatic heterocycles. The predicted molar refractivity (Wildman–Crippen MR) is 63.7 cm³/mol. The highest BCUT2D eigenvalue weighted by molar-refractivity contribution is 14.1. The number of hydrogen-bond acceptors (Lipinski definition) is 2. The standard InChI is InChI=1S/C9H12ClIN2/c1-5(2)8(12)7-6(11)3-4-13-9(7)10/h3-5,8H,12H2,1-2H3/t8-/m1/s1. The highest BCUT2D eigenvalue weighted by Gasteiger charge is 2.17. The summed E-state index contributed by atoms with van der Waals surface area (Å²) in [6, 6.07) is 1.89. The van der Waals surface area contributed by atoms with Crippen LogP contribution in [0.1, 0.15) is 25.5 Å². The average Bonchev–Trinajstić information content (AvgIpc) is 2.03. The van der Waals surface area contributed by atoms with Crippen molar-refractivity contribution >= 4 is 34.2 Å². The van der Waals surface area contributed by atoms with Gasteiger partial charge in [0.05, 0.1) is 0 Å².